The van der Waals surface area contributed by atoms with Crippen LogP contribution in [-0.2, 0) is 16.0 Å². The lowest BCUT2D eigenvalue weighted by Crippen LogP contribution is -2.55. The Labute approximate surface area is 144 Å². The van der Waals surface area contributed by atoms with E-state index in [1.54, 1.807) is 0 Å². The predicted molar refractivity (Wildman–Crippen MR) is 95.4 cm³/mol. The van der Waals surface area contributed by atoms with E-state index in [-0.39, 0.29) is 11.8 Å². The Balaban J connectivity index is 1.91. The number of carbonyl (C=O) groups excluding carboxylic acids is 2. The van der Waals surface area contributed by atoms with Crippen LogP contribution in [0.25, 0.3) is 0 Å². The first-order valence-electron chi connectivity index (χ1n) is 8.87. The van der Waals surface area contributed by atoms with Gasteiger partial charge in [0.15, 0.2) is 0 Å². The van der Waals surface area contributed by atoms with E-state index < -0.39 is 5.41 Å². The molecule has 0 bridgehead atoms. The molecule has 5 nitrogen and oxygen atoms in total. The highest BCUT2D eigenvalue weighted by Gasteiger charge is 2.38. The summed E-state index contributed by atoms with van der Waals surface area (Å²) in [6, 6.07) is 9.78. The molecule has 1 fully saturated rings. The molecular formula is C19H29N3O2. The van der Waals surface area contributed by atoms with E-state index in [1.807, 2.05) is 54.0 Å². The van der Waals surface area contributed by atoms with Crippen LogP contribution in [0.1, 0.15) is 32.3 Å². The van der Waals surface area contributed by atoms with Gasteiger partial charge in [0.05, 0.1) is 11.8 Å². The van der Waals surface area contributed by atoms with E-state index in [2.05, 4.69) is 0 Å². The maximum atomic E-state index is 12.8. The van der Waals surface area contributed by atoms with Gasteiger partial charge < -0.3 is 15.5 Å². The van der Waals surface area contributed by atoms with E-state index in [0.29, 0.717) is 39.1 Å². The fraction of sp³-hybridized carbons (Fsp3) is 0.579. The molecular weight excluding hydrogens is 302 g/mol. The van der Waals surface area contributed by atoms with Crippen molar-refractivity contribution in [3.8, 4) is 0 Å². The quantitative estimate of drug-likeness (QED) is 0.862. The summed E-state index contributed by atoms with van der Waals surface area (Å²) in [7, 11) is 0. The molecule has 0 aliphatic carbocycles. The number of hydrogen-bond donors (Lipinski definition) is 1. The fourth-order valence-electron chi connectivity index (χ4n) is 3.31. The highest BCUT2D eigenvalue weighted by atomic mass is 16.2. The van der Waals surface area contributed by atoms with Crippen molar-refractivity contribution in [1.82, 2.24) is 9.80 Å². The van der Waals surface area contributed by atoms with Gasteiger partial charge in [-0.15, -0.1) is 0 Å². The van der Waals surface area contributed by atoms with Gasteiger partial charge in [0.2, 0.25) is 11.8 Å². The van der Waals surface area contributed by atoms with Crippen LogP contribution in [0.5, 0.6) is 0 Å². The molecule has 1 aliphatic heterocycles. The van der Waals surface area contributed by atoms with E-state index in [0.717, 1.165) is 18.4 Å². The summed E-state index contributed by atoms with van der Waals surface area (Å²) in [6.45, 7) is 6.83. The van der Waals surface area contributed by atoms with Crippen LogP contribution in [0.15, 0.2) is 30.3 Å². The van der Waals surface area contributed by atoms with Crippen molar-refractivity contribution >= 4 is 11.8 Å². The monoisotopic (exact) mass is 331 g/mol. The third-order valence-electron chi connectivity index (χ3n) is 5.32. The summed E-state index contributed by atoms with van der Waals surface area (Å²) < 4.78 is 0. The third kappa shape index (κ3) is 3.96. The van der Waals surface area contributed by atoms with Crippen LogP contribution in [0.3, 0.4) is 0 Å². The normalized spacial score (nSPS) is 15.5. The van der Waals surface area contributed by atoms with E-state index in [4.69, 9.17) is 5.73 Å². The largest absolute Gasteiger partial charge is 0.339 e. The van der Waals surface area contributed by atoms with Crippen molar-refractivity contribution in [1.29, 1.82) is 0 Å². The lowest BCUT2D eigenvalue weighted by molar-refractivity contribution is -0.147. The maximum absolute atomic E-state index is 12.8. The standard InChI is InChI=1S/C19H29N3O2/c1-3-19(4-2,15-20)18(24)22-12-10-21(11-13-22)17(23)14-16-8-6-5-7-9-16/h5-9H,3-4,10-15,20H2,1-2H3. The number of nitrogens with two attached hydrogens (primary N) is 1. The first-order chi connectivity index (χ1) is 11.6. The first-order valence-corrected chi connectivity index (χ1v) is 8.87. The molecule has 2 rings (SSSR count). The van der Waals surface area contributed by atoms with Gasteiger partial charge in [0.25, 0.3) is 0 Å². The molecule has 1 aliphatic rings. The number of benzene rings is 1. The molecule has 0 spiro atoms. The third-order valence-corrected chi connectivity index (χ3v) is 5.32. The number of hydrogen-bond acceptors (Lipinski definition) is 3. The summed E-state index contributed by atoms with van der Waals surface area (Å²) >= 11 is 0. The minimum Gasteiger partial charge on any atom is -0.339 e. The number of amides is 2. The molecule has 2 amide bonds. The maximum Gasteiger partial charge on any atom is 0.230 e. The lowest BCUT2D eigenvalue weighted by Gasteiger charge is -2.40. The summed E-state index contributed by atoms with van der Waals surface area (Å²) in [4.78, 5) is 29.0. The number of nitrogens with zero attached hydrogens (tertiary/aromatic N) is 2. The molecule has 1 saturated heterocycles. The SMILES string of the molecule is CCC(CC)(CN)C(=O)N1CCN(C(=O)Cc2ccccc2)CC1. The Morgan fingerprint density at radius 1 is 1.00 bits per heavy atom. The Kier molecular flexibility index (Phi) is 6.37. The zero-order valence-electron chi connectivity index (χ0n) is 14.8. The van der Waals surface area contributed by atoms with E-state index >= 15 is 0 Å². The molecule has 1 heterocycles. The first kappa shape index (κ1) is 18.5. The highest BCUT2D eigenvalue weighted by Crippen LogP contribution is 2.28. The van der Waals surface area contributed by atoms with Gasteiger partial charge in [0.1, 0.15) is 0 Å². The second-order valence-electron chi connectivity index (χ2n) is 6.53. The number of rotatable bonds is 6. The van der Waals surface area contributed by atoms with Crippen LogP contribution >= 0.6 is 0 Å². The van der Waals surface area contributed by atoms with Crippen molar-refractivity contribution in [2.24, 2.45) is 11.1 Å². The zero-order valence-corrected chi connectivity index (χ0v) is 14.8. The molecule has 0 atom stereocenters. The van der Waals surface area contributed by atoms with Gasteiger partial charge in [0, 0.05) is 32.7 Å². The van der Waals surface area contributed by atoms with Crippen LogP contribution in [0.2, 0.25) is 0 Å². The summed E-state index contributed by atoms with van der Waals surface area (Å²) in [5.41, 5.74) is 6.47. The van der Waals surface area contributed by atoms with Crippen LogP contribution in [-0.4, -0.2) is 54.3 Å². The molecule has 0 saturated carbocycles. The van der Waals surface area contributed by atoms with Gasteiger partial charge in [-0.1, -0.05) is 44.2 Å². The number of piperazine rings is 1. The van der Waals surface area contributed by atoms with Gasteiger partial charge >= 0.3 is 0 Å². The Bertz CT molecular complexity index is 539. The van der Waals surface area contributed by atoms with Crippen LogP contribution in [0, 0.1) is 5.41 Å². The van der Waals surface area contributed by atoms with Crippen LogP contribution in [0.4, 0.5) is 0 Å². The fourth-order valence-corrected chi connectivity index (χ4v) is 3.31. The minimum atomic E-state index is -0.448. The van der Waals surface area contributed by atoms with Gasteiger partial charge in [-0.2, -0.15) is 0 Å². The summed E-state index contributed by atoms with van der Waals surface area (Å²) in [5.74, 6) is 0.273. The van der Waals surface area contributed by atoms with E-state index in [1.165, 1.54) is 0 Å². The second-order valence-corrected chi connectivity index (χ2v) is 6.53. The Morgan fingerprint density at radius 2 is 1.54 bits per heavy atom. The van der Waals surface area contributed by atoms with Gasteiger partial charge in [-0.25, -0.2) is 0 Å². The van der Waals surface area contributed by atoms with Crippen LogP contribution < -0.4 is 5.73 Å². The molecule has 1 aromatic carbocycles. The molecule has 1 aromatic rings. The molecule has 132 valence electrons. The molecule has 24 heavy (non-hydrogen) atoms. The average molecular weight is 331 g/mol. The number of carbonyl (C=O) groups is 2. The van der Waals surface area contributed by atoms with E-state index in [9.17, 15) is 9.59 Å². The van der Waals surface area contributed by atoms with Crippen molar-refractivity contribution in [3.05, 3.63) is 35.9 Å². The predicted octanol–water partition coefficient (Wildman–Crippen LogP) is 1.66. The molecule has 0 unspecified atom stereocenters. The smallest absolute Gasteiger partial charge is 0.230 e. The van der Waals surface area contributed by atoms with Gasteiger partial charge in [-0.3, -0.25) is 9.59 Å². The molecule has 0 radical (unpaired) electrons. The zero-order chi connectivity index (χ0) is 17.6. The average Bonchev–Trinajstić information content (AvgIpc) is 2.64. The Morgan fingerprint density at radius 3 is 2.04 bits per heavy atom. The second kappa shape index (κ2) is 8.29. The molecule has 5 heteroatoms. The minimum absolute atomic E-state index is 0.129. The topological polar surface area (TPSA) is 66.6 Å². The van der Waals surface area contributed by atoms with Crippen molar-refractivity contribution < 1.29 is 9.59 Å². The van der Waals surface area contributed by atoms with Crippen molar-refractivity contribution in [3.63, 3.8) is 0 Å². The molecule has 0 aromatic heterocycles. The summed E-state index contributed by atoms with van der Waals surface area (Å²) in [5, 5.41) is 0. The summed E-state index contributed by atoms with van der Waals surface area (Å²) in [6.07, 6.45) is 1.93. The highest BCUT2D eigenvalue weighted by molar-refractivity contribution is 5.84. The lowest BCUT2D eigenvalue weighted by atomic mass is 9.81. The van der Waals surface area contributed by atoms with Crippen molar-refractivity contribution in [2.75, 3.05) is 32.7 Å². The molecule has 2 N–H and O–H groups in total. The van der Waals surface area contributed by atoms with Crippen molar-refractivity contribution in [2.45, 2.75) is 33.1 Å². The van der Waals surface area contributed by atoms with Gasteiger partial charge in [-0.05, 0) is 18.4 Å². The Hall–Kier alpha value is -1.88.